The van der Waals surface area contributed by atoms with E-state index in [1.54, 1.807) is 0 Å². The van der Waals surface area contributed by atoms with Crippen LogP contribution < -0.4 is 21.3 Å². The number of nitrogens with one attached hydrogen (secondary N) is 4. The highest BCUT2D eigenvalue weighted by atomic mass is 32.2. The van der Waals surface area contributed by atoms with Gasteiger partial charge in [-0.3, -0.25) is 27.8 Å². The Balaban J connectivity index is 1.15. The molecule has 0 aliphatic carbocycles. The van der Waals surface area contributed by atoms with Crippen LogP contribution in [0.25, 0.3) is 21.5 Å². The number of hydrogen-bond donors (Lipinski definition) is 8. The van der Waals surface area contributed by atoms with Gasteiger partial charge in [0.05, 0.1) is 21.2 Å². The zero-order valence-corrected chi connectivity index (χ0v) is 32.1. The molecule has 0 bridgehead atoms. The lowest BCUT2D eigenvalue weighted by atomic mass is 10.1. The van der Waals surface area contributed by atoms with Gasteiger partial charge in [0.15, 0.2) is 0 Å². The summed E-state index contributed by atoms with van der Waals surface area (Å²) in [5.74, 6) is -1.73. The van der Waals surface area contributed by atoms with Crippen LogP contribution in [-0.4, -0.2) is 69.7 Å². The third kappa shape index (κ3) is 9.11. The van der Waals surface area contributed by atoms with Crippen molar-refractivity contribution in [3.05, 3.63) is 120 Å². The Bertz CT molecular complexity index is 2940. The van der Waals surface area contributed by atoms with Gasteiger partial charge in [-0.05, 0) is 95.7 Å². The molecule has 0 aliphatic rings. The minimum atomic E-state index is -4.85. The van der Waals surface area contributed by atoms with E-state index in [1.807, 2.05) is 0 Å². The molecule has 0 unspecified atom stereocenters. The molecule has 0 spiro atoms. The maximum atomic E-state index is 13.2. The summed E-state index contributed by atoms with van der Waals surface area (Å²) in [4.78, 5) is 36.5. The quantitative estimate of drug-likeness (QED) is 0.0828. The lowest BCUT2D eigenvalue weighted by Crippen LogP contribution is -2.20. The normalized spacial score (nSPS) is 12.2. The van der Waals surface area contributed by atoms with Crippen molar-refractivity contribution in [2.45, 2.75) is 19.6 Å². The lowest BCUT2D eigenvalue weighted by molar-refractivity contribution is 0.101. The van der Waals surface area contributed by atoms with Crippen molar-refractivity contribution < 1.29 is 66.3 Å². The van der Waals surface area contributed by atoms with Gasteiger partial charge >= 0.3 is 6.03 Å². The molecule has 0 aliphatic heterocycles. The van der Waals surface area contributed by atoms with E-state index in [1.165, 1.54) is 72.8 Å². The second-order valence-electron chi connectivity index (χ2n) is 12.2. The van der Waals surface area contributed by atoms with Crippen LogP contribution in [-0.2, 0) is 40.5 Å². The van der Waals surface area contributed by atoms with Gasteiger partial charge in [-0.2, -0.15) is 33.7 Å². The lowest BCUT2D eigenvalue weighted by Gasteiger charge is -2.14. The van der Waals surface area contributed by atoms with Gasteiger partial charge in [0.1, 0.15) is 9.79 Å². The highest BCUT2D eigenvalue weighted by Crippen LogP contribution is 2.35. The Morgan fingerprint density at radius 3 is 1.07 bits per heavy atom. The fraction of sp³-hybridized carbons (Fsp3) is 0. The van der Waals surface area contributed by atoms with E-state index in [-0.39, 0.29) is 55.4 Å². The summed E-state index contributed by atoms with van der Waals surface area (Å²) >= 11 is 0. The van der Waals surface area contributed by atoms with Gasteiger partial charge in [-0.15, -0.1) is 0 Å². The maximum Gasteiger partial charge on any atom is 0.323 e. The summed E-state index contributed by atoms with van der Waals surface area (Å²) < 4.78 is 135. The fourth-order valence-electron chi connectivity index (χ4n) is 5.75. The van der Waals surface area contributed by atoms with E-state index in [0.717, 1.165) is 36.4 Å². The van der Waals surface area contributed by atoms with Crippen LogP contribution in [0.4, 0.5) is 27.5 Å². The van der Waals surface area contributed by atoms with Crippen LogP contribution in [0.15, 0.2) is 129 Å². The zero-order valence-electron chi connectivity index (χ0n) is 28.8. The van der Waals surface area contributed by atoms with Crippen molar-refractivity contribution in [2.24, 2.45) is 0 Å². The first-order valence-electron chi connectivity index (χ1n) is 15.9. The van der Waals surface area contributed by atoms with E-state index in [9.17, 15) is 66.3 Å². The van der Waals surface area contributed by atoms with Crippen LogP contribution in [0.5, 0.6) is 0 Å². The number of benzene rings is 6. The maximum absolute atomic E-state index is 13.2. The van der Waals surface area contributed by atoms with Crippen LogP contribution in [0.2, 0.25) is 0 Å². The van der Waals surface area contributed by atoms with Crippen LogP contribution in [0.3, 0.4) is 0 Å². The summed E-state index contributed by atoms with van der Waals surface area (Å²) in [7, 11) is -19.3. The number of amides is 4. The molecular formula is C35H26N4O15S4. The Morgan fingerprint density at radius 1 is 0.414 bits per heavy atom. The predicted octanol–water partition coefficient (Wildman–Crippen LogP) is 5.13. The summed E-state index contributed by atoms with van der Waals surface area (Å²) in [5, 5.41) is 9.24. The number of fused-ring (bicyclic) bond motifs is 2. The fourth-order valence-corrected chi connectivity index (χ4v) is 8.31. The summed E-state index contributed by atoms with van der Waals surface area (Å²) in [5.41, 5.74) is -0.440. The van der Waals surface area contributed by atoms with Gasteiger partial charge in [0.2, 0.25) is 0 Å². The molecule has 0 heterocycles. The number of anilines is 4. The van der Waals surface area contributed by atoms with Gasteiger partial charge < -0.3 is 21.3 Å². The van der Waals surface area contributed by atoms with E-state index >= 15 is 0 Å². The van der Waals surface area contributed by atoms with Crippen molar-refractivity contribution in [2.75, 3.05) is 21.3 Å². The molecular weight excluding hydrogens is 845 g/mol. The third-order valence-electron chi connectivity index (χ3n) is 8.28. The smallest absolute Gasteiger partial charge is 0.321 e. The number of carbonyl (C=O) groups excluding carboxylic acids is 3. The van der Waals surface area contributed by atoms with E-state index in [2.05, 4.69) is 21.3 Å². The molecule has 0 aromatic heterocycles. The Kier molecular flexibility index (Phi) is 10.8. The summed E-state index contributed by atoms with van der Waals surface area (Å²) in [6, 6.07) is 20.3. The second-order valence-corrected chi connectivity index (χ2v) is 17.8. The highest BCUT2D eigenvalue weighted by molar-refractivity contribution is 7.86. The third-order valence-corrected chi connectivity index (χ3v) is 11.7. The van der Waals surface area contributed by atoms with Crippen LogP contribution >= 0.6 is 0 Å². The summed E-state index contributed by atoms with van der Waals surface area (Å²) in [6.07, 6.45) is 0. The molecule has 58 heavy (non-hydrogen) atoms. The molecule has 300 valence electrons. The first-order valence-corrected chi connectivity index (χ1v) is 21.7. The van der Waals surface area contributed by atoms with Crippen molar-refractivity contribution >= 4 is 103 Å². The molecule has 4 amide bonds. The zero-order chi connectivity index (χ0) is 42.4. The molecule has 19 nitrogen and oxygen atoms in total. The second kappa shape index (κ2) is 15.2. The predicted molar refractivity (Wildman–Crippen MR) is 209 cm³/mol. The Hall–Kier alpha value is -6.31. The molecule has 6 aromatic rings. The number of carbonyl (C=O) groups is 3. The highest BCUT2D eigenvalue weighted by Gasteiger charge is 2.24. The summed E-state index contributed by atoms with van der Waals surface area (Å²) in [6.45, 7) is 0. The van der Waals surface area contributed by atoms with Crippen molar-refractivity contribution in [1.29, 1.82) is 0 Å². The number of hydrogen-bond acceptors (Lipinski definition) is 11. The molecule has 0 radical (unpaired) electrons. The van der Waals surface area contributed by atoms with E-state index in [4.69, 9.17) is 0 Å². The first-order chi connectivity index (χ1) is 27.0. The number of rotatable bonds is 10. The van der Waals surface area contributed by atoms with Gasteiger partial charge in [-0.25, -0.2) is 4.79 Å². The molecule has 23 heteroatoms. The van der Waals surface area contributed by atoms with E-state index in [0.29, 0.717) is 0 Å². The standard InChI is InChI=1S/C35H26N4O15S4/c40-33(38-27-17-25(55(43,44)45)15-21-3-1-5-29(31(21)27)57(49,50)51)19-7-11-23(12-8-19)36-35(42)37-24-13-9-20(10-14-24)34(41)39-28-18-26(56(46,47)48)16-22-4-2-6-30(32(22)28)58(52,53)54/h1-18H,(H,38,40)(H,39,41)(H2,36,37,42)(H,43,44,45)(H,46,47,48)(H,49,50,51)(H,52,53,54). The molecule has 6 rings (SSSR count). The SMILES string of the molecule is O=C(Nc1ccc(C(=O)Nc2cc(S(=O)(=O)O)cc3cccc(S(=O)(=O)O)c23)cc1)Nc1ccc(C(=O)Nc2cc(S(=O)(=O)O)cc3cccc(S(=O)(=O)O)c23)cc1. The molecule has 0 fully saturated rings. The van der Waals surface area contributed by atoms with Gasteiger partial charge in [0.25, 0.3) is 52.3 Å². The molecule has 0 atom stereocenters. The molecule has 6 aromatic carbocycles. The molecule has 0 saturated heterocycles. The topological polar surface area (TPSA) is 317 Å². The molecule has 8 N–H and O–H groups in total. The van der Waals surface area contributed by atoms with Crippen molar-refractivity contribution in [3.63, 3.8) is 0 Å². The van der Waals surface area contributed by atoms with E-state index < -0.39 is 77.9 Å². The monoisotopic (exact) mass is 870 g/mol. The van der Waals surface area contributed by atoms with Gasteiger partial charge in [0, 0.05) is 33.3 Å². The first kappa shape index (κ1) is 41.3. The van der Waals surface area contributed by atoms with Gasteiger partial charge in [-0.1, -0.05) is 24.3 Å². The van der Waals surface area contributed by atoms with Crippen LogP contribution in [0.1, 0.15) is 20.7 Å². The largest absolute Gasteiger partial charge is 0.323 e. The van der Waals surface area contributed by atoms with Crippen LogP contribution in [0, 0.1) is 0 Å². The number of urea groups is 1. The average Bonchev–Trinajstić information content (AvgIpc) is 3.13. The molecule has 0 saturated carbocycles. The average molecular weight is 871 g/mol. The van der Waals surface area contributed by atoms with Crippen molar-refractivity contribution in [1.82, 2.24) is 0 Å². The Morgan fingerprint density at radius 2 is 0.759 bits per heavy atom. The minimum absolute atomic E-state index is 0.0403. The minimum Gasteiger partial charge on any atom is -0.321 e. The Labute approximate surface area is 328 Å². The van der Waals surface area contributed by atoms with Crippen molar-refractivity contribution in [3.8, 4) is 0 Å².